The van der Waals surface area contributed by atoms with E-state index in [9.17, 15) is 0 Å². The molecule has 0 fully saturated rings. The largest absolute Gasteiger partial charge is 0.489 e. The van der Waals surface area contributed by atoms with Crippen molar-refractivity contribution in [2.75, 3.05) is 7.11 Å². The Balaban J connectivity index is 2.40. The van der Waals surface area contributed by atoms with Crippen LogP contribution in [0.1, 0.15) is 0 Å². The van der Waals surface area contributed by atoms with Gasteiger partial charge in [0.2, 0.25) is 5.75 Å². The van der Waals surface area contributed by atoms with Gasteiger partial charge in [-0.3, -0.25) is 0 Å². The fraction of sp³-hybridized carbons (Fsp3) is 0.0909. The Labute approximate surface area is 118 Å². The van der Waals surface area contributed by atoms with Crippen molar-refractivity contribution in [2.45, 2.75) is 0 Å². The van der Waals surface area contributed by atoms with Gasteiger partial charge in [0.25, 0.3) is 5.88 Å². The van der Waals surface area contributed by atoms with Crippen molar-refractivity contribution in [1.29, 1.82) is 0 Å². The number of aromatic nitrogens is 2. The molecule has 0 aliphatic rings. The smallest absolute Gasteiger partial charge is 0.267 e. The third kappa shape index (κ3) is 2.61. The average Bonchev–Trinajstić information content (AvgIpc) is 2.35. The van der Waals surface area contributed by atoms with Crippen LogP contribution in [-0.2, 0) is 0 Å². The summed E-state index contributed by atoms with van der Waals surface area (Å²) in [6, 6.07) is 5.02. The lowest BCUT2D eigenvalue weighted by Crippen LogP contribution is -1.96. The summed E-state index contributed by atoms with van der Waals surface area (Å²) in [4.78, 5) is 7.71. The van der Waals surface area contributed by atoms with E-state index in [1.165, 1.54) is 13.4 Å². The second-order valence-corrected chi connectivity index (χ2v) is 4.30. The topological polar surface area (TPSA) is 44.2 Å². The van der Waals surface area contributed by atoms with E-state index in [0.29, 0.717) is 10.8 Å². The van der Waals surface area contributed by atoms with Crippen molar-refractivity contribution < 1.29 is 9.47 Å². The Morgan fingerprint density at radius 2 is 1.89 bits per heavy atom. The zero-order valence-corrected chi connectivity index (χ0v) is 11.4. The van der Waals surface area contributed by atoms with Gasteiger partial charge >= 0.3 is 0 Å². The number of ether oxygens (including phenoxy) is 2. The van der Waals surface area contributed by atoms with Crippen LogP contribution >= 0.6 is 34.8 Å². The third-order valence-corrected chi connectivity index (χ3v) is 3.13. The molecule has 0 spiro atoms. The molecular weight excluding hydrogens is 298 g/mol. The highest BCUT2D eigenvalue weighted by atomic mass is 35.5. The number of rotatable bonds is 3. The van der Waals surface area contributed by atoms with E-state index in [-0.39, 0.29) is 21.8 Å². The van der Waals surface area contributed by atoms with E-state index in [1.54, 1.807) is 18.2 Å². The zero-order valence-electron chi connectivity index (χ0n) is 9.15. The lowest BCUT2D eigenvalue weighted by molar-refractivity contribution is 0.367. The molecule has 7 heteroatoms. The van der Waals surface area contributed by atoms with Gasteiger partial charge in [0, 0.05) is 0 Å². The first-order valence-electron chi connectivity index (χ1n) is 4.80. The molecule has 18 heavy (non-hydrogen) atoms. The van der Waals surface area contributed by atoms with Gasteiger partial charge in [-0.25, -0.2) is 4.98 Å². The van der Waals surface area contributed by atoms with Crippen molar-refractivity contribution >= 4 is 34.8 Å². The zero-order chi connectivity index (χ0) is 13.1. The van der Waals surface area contributed by atoms with Crippen LogP contribution in [0.5, 0.6) is 17.4 Å². The molecular formula is C11H7Cl3N2O2. The molecule has 2 aromatic rings. The van der Waals surface area contributed by atoms with Gasteiger partial charge in [-0.15, -0.1) is 0 Å². The Hall–Kier alpha value is -1.23. The summed E-state index contributed by atoms with van der Waals surface area (Å²) in [6.45, 7) is 0. The molecule has 2 rings (SSSR count). The molecule has 0 radical (unpaired) electrons. The van der Waals surface area contributed by atoms with E-state index in [1.807, 2.05) is 0 Å². The minimum Gasteiger partial charge on any atom is -0.489 e. The fourth-order valence-electron chi connectivity index (χ4n) is 1.25. The van der Waals surface area contributed by atoms with Crippen molar-refractivity contribution in [2.24, 2.45) is 0 Å². The molecule has 4 nitrogen and oxygen atoms in total. The van der Waals surface area contributed by atoms with E-state index in [2.05, 4.69) is 9.97 Å². The Morgan fingerprint density at radius 1 is 1.11 bits per heavy atom. The van der Waals surface area contributed by atoms with Crippen LogP contribution in [0, 0.1) is 0 Å². The Morgan fingerprint density at radius 3 is 2.61 bits per heavy atom. The molecule has 1 aromatic heterocycles. The highest BCUT2D eigenvalue weighted by molar-refractivity contribution is 6.42. The molecule has 1 aromatic carbocycles. The van der Waals surface area contributed by atoms with Gasteiger partial charge < -0.3 is 9.47 Å². The molecule has 0 unspecified atom stereocenters. The van der Waals surface area contributed by atoms with Gasteiger partial charge in [-0.1, -0.05) is 40.9 Å². The first kappa shape index (κ1) is 13.2. The standard InChI is InChI=1S/C11H7Cl3N2O2/c1-17-9-10(14)15-5-16-11(9)18-7-4-2-3-6(12)8(7)13/h2-5H,1H3. The van der Waals surface area contributed by atoms with Gasteiger partial charge in [0.05, 0.1) is 12.1 Å². The quantitative estimate of drug-likeness (QED) is 0.796. The minimum atomic E-state index is 0.153. The molecule has 0 aliphatic carbocycles. The summed E-state index contributed by atoms with van der Waals surface area (Å²) in [5, 5.41) is 0.824. The molecule has 0 amide bonds. The van der Waals surface area contributed by atoms with Crippen LogP contribution in [0.25, 0.3) is 0 Å². The van der Waals surface area contributed by atoms with E-state index in [0.717, 1.165) is 0 Å². The van der Waals surface area contributed by atoms with Crippen molar-refractivity contribution in [3.63, 3.8) is 0 Å². The average molecular weight is 306 g/mol. The predicted octanol–water partition coefficient (Wildman–Crippen LogP) is 4.24. The lowest BCUT2D eigenvalue weighted by atomic mass is 10.3. The second kappa shape index (κ2) is 5.61. The fourth-order valence-corrected chi connectivity index (χ4v) is 1.78. The molecule has 1 heterocycles. The van der Waals surface area contributed by atoms with Crippen LogP contribution in [0.3, 0.4) is 0 Å². The number of hydrogen-bond acceptors (Lipinski definition) is 4. The van der Waals surface area contributed by atoms with Crippen molar-refractivity contribution in [3.8, 4) is 17.4 Å². The molecule has 0 atom stereocenters. The molecule has 0 saturated carbocycles. The molecule has 94 valence electrons. The maximum absolute atomic E-state index is 6.00. The maximum atomic E-state index is 6.00. The van der Waals surface area contributed by atoms with Crippen molar-refractivity contribution in [3.05, 3.63) is 39.7 Å². The minimum absolute atomic E-state index is 0.153. The highest BCUT2D eigenvalue weighted by Crippen LogP contribution is 2.38. The van der Waals surface area contributed by atoms with Crippen LogP contribution in [-0.4, -0.2) is 17.1 Å². The van der Waals surface area contributed by atoms with Crippen molar-refractivity contribution in [1.82, 2.24) is 9.97 Å². The summed E-state index contributed by atoms with van der Waals surface area (Å²) in [5.41, 5.74) is 0. The summed E-state index contributed by atoms with van der Waals surface area (Å²) in [5.74, 6) is 0.758. The van der Waals surface area contributed by atoms with E-state index < -0.39 is 0 Å². The first-order chi connectivity index (χ1) is 8.63. The van der Waals surface area contributed by atoms with E-state index in [4.69, 9.17) is 44.3 Å². The molecule has 0 bridgehead atoms. The molecule has 0 saturated heterocycles. The third-order valence-electron chi connectivity index (χ3n) is 2.05. The van der Waals surface area contributed by atoms with Gasteiger partial charge in [-0.2, -0.15) is 4.98 Å². The predicted molar refractivity (Wildman–Crippen MR) is 70.1 cm³/mol. The number of hydrogen-bond donors (Lipinski definition) is 0. The summed E-state index contributed by atoms with van der Waals surface area (Å²) in [7, 11) is 1.44. The highest BCUT2D eigenvalue weighted by Gasteiger charge is 2.14. The van der Waals surface area contributed by atoms with E-state index >= 15 is 0 Å². The maximum Gasteiger partial charge on any atom is 0.267 e. The summed E-state index contributed by atoms with van der Waals surface area (Å²) >= 11 is 17.7. The molecule has 0 aliphatic heterocycles. The van der Waals surface area contributed by atoms with Crippen LogP contribution in [0.2, 0.25) is 15.2 Å². The Bertz CT molecular complexity index is 578. The summed E-state index contributed by atoms with van der Waals surface area (Å²) in [6.07, 6.45) is 1.26. The van der Waals surface area contributed by atoms with Crippen LogP contribution in [0.4, 0.5) is 0 Å². The summed E-state index contributed by atoms with van der Waals surface area (Å²) < 4.78 is 10.6. The van der Waals surface area contributed by atoms with Crippen LogP contribution < -0.4 is 9.47 Å². The SMILES string of the molecule is COc1c(Cl)ncnc1Oc1cccc(Cl)c1Cl. The first-order valence-corrected chi connectivity index (χ1v) is 5.93. The van der Waals surface area contributed by atoms with Gasteiger partial charge in [0.15, 0.2) is 5.15 Å². The van der Waals surface area contributed by atoms with Crippen LogP contribution in [0.15, 0.2) is 24.5 Å². The number of halogens is 3. The lowest BCUT2D eigenvalue weighted by Gasteiger charge is -2.10. The van der Waals surface area contributed by atoms with Gasteiger partial charge in [0.1, 0.15) is 17.1 Å². The number of nitrogens with zero attached hydrogens (tertiary/aromatic N) is 2. The number of methoxy groups -OCH3 is 1. The Kier molecular flexibility index (Phi) is 4.11. The molecule has 0 N–H and O–H groups in total. The normalized spacial score (nSPS) is 10.2. The van der Waals surface area contributed by atoms with Gasteiger partial charge in [-0.05, 0) is 12.1 Å². The number of benzene rings is 1. The monoisotopic (exact) mass is 304 g/mol. The second-order valence-electron chi connectivity index (χ2n) is 3.16.